The van der Waals surface area contributed by atoms with Gasteiger partial charge < -0.3 is 5.32 Å². The summed E-state index contributed by atoms with van der Waals surface area (Å²) in [5.41, 5.74) is 0.941. The maximum atomic E-state index is 12.1. The van der Waals surface area contributed by atoms with E-state index in [2.05, 4.69) is 27.1 Å². The van der Waals surface area contributed by atoms with E-state index in [4.69, 9.17) is 0 Å². The van der Waals surface area contributed by atoms with E-state index in [1.807, 2.05) is 23.6 Å². The fraction of sp³-hybridized carbons (Fsp3) is 0.375. The molecule has 6 nitrogen and oxygen atoms in total. The molecular formula is C16H19N5OS. The van der Waals surface area contributed by atoms with Crippen LogP contribution in [0.5, 0.6) is 0 Å². The van der Waals surface area contributed by atoms with Gasteiger partial charge in [0.25, 0.3) is 0 Å². The van der Waals surface area contributed by atoms with Gasteiger partial charge in [0.1, 0.15) is 0 Å². The Morgan fingerprint density at radius 1 is 1.48 bits per heavy atom. The van der Waals surface area contributed by atoms with Crippen LogP contribution in [0.4, 0.5) is 0 Å². The second-order valence-electron chi connectivity index (χ2n) is 5.48. The van der Waals surface area contributed by atoms with Crippen molar-refractivity contribution in [3.8, 4) is 11.4 Å². The van der Waals surface area contributed by atoms with Crippen molar-refractivity contribution in [1.82, 2.24) is 25.1 Å². The Labute approximate surface area is 139 Å². The zero-order valence-electron chi connectivity index (χ0n) is 13.0. The van der Waals surface area contributed by atoms with Crippen LogP contribution in [0.3, 0.4) is 0 Å². The first-order chi connectivity index (χ1) is 11.2. The third-order valence-electron chi connectivity index (χ3n) is 3.54. The Hall–Kier alpha value is -2.15. The summed E-state index contributed by atoms with van der Waals surface area (Å²) in [6.45, 7) is 6.27. The molecule has 0 spiro atoms. The van der Waals surface area contributed by atoms with Crippen molar-refractivity contribution >= 4 is 17.7 Å². The molecule has 0 aromatic carbocycles. The Morgan fingerprint density at radius 3 is 2.87 bits per heavy atom. The van der Waals surface area contributed by atoms with Crippen molar-refractivity contribution in [1.29, 1.82) is 0 Å². The number of rotatable bonds is 7. The molecule has 1 atom stereocenters. The minimum Gasteiger partial charge on any atom is -0.352 e. The van der Waals surface area contributed by atoms with Gasteiger partial charge in [-0.05, 0) is 31.9 Å². The highest BCUT2D eigenvalue weighted by Crippen LogP contribution is 2.27. The number of nitrogens with zero attached hydrogens (tertiary/aromatic N) is 4. The molecular weight excluding hydrogens is 310 g/mol. The summed E-state index contributed by atoms with van der Waals surface area (Å²) in [7, 11) is 0. The van der Waals surface area contributed by atoms with Crippen LogP contribution in [0.1, 0.15) is 19.8 Å². The molecule has 3 rings (SSSR count). The lowest BCUT2D eigenvalue weighted by molar-refractivity contribution is -0.120. The predicted molar refractivity (Wildman–Crippen MR) is 89.9 cm³/mol. The maximum absolute atomic E-state index is 12.1. The molecule has 0 radical (unpaired) electrons. The van der Waals surface area contributed by atoms with E-state index < -0.39 is 0 Å². The molecule has 0 aliphatic heterocycles. The van der Waals surface area contributed by atoms with Crippen LogP contribution in [0.15, 0.2) is 42.3 Å². The first-order valence-corrected chi connectivity index (χ1v) is 8.48. The van der Waals surface area contributed by atoms with Gasteiger partial charge in [0.2, 0.25) is 5.91 Å². The number of nitrogens with one attached hydrogen (secondary N) is 1. The third-order valence-corrected chi connectivity index (χ3v) is 4.62. The van der Waals surface area contributed by atoms with Gasteiger partial charge in [0.05, 0.1) is 5.25 Å². The van der Waals surface area contributed by atoms with Gasteiger partial charge in [-0.2, -0.15) is 0 Å². The quantitative estimate of drug-likeness (QED) is 0.623. The number of pyridine rings is 1. The topological polar surface area (TPSA) is 72.7 Å². The Bertz CT molecular complexity index is 696. The van der Waals surface area contributed by atoms with Crippen molar-refractivity contribution in [3.63, 3.8) is 0 Å². The molecule has 23 heavy (non-hydrogen) atoms. The molecule has 1 N–H and O–H groups in total. The smallest absolute Gasteiger partial charge is 0.233 e. The summed E-state index contributed by atoms with van der Waals surface area (Å²) in [6.07, 6.45) is 7.42. The second-order valence-corrected chi connectivity index (χ2v) is 6.79. The summed E-state index contributed by atoms with van der Waals surface area (Å²) in [5.74, 6) is 0.806. The van der Waals surface area contributed by atoms with Crippen molar-refractivity contribution in [2.75, 3.05) is 0 Å². The molecule has 1 unspecified atom stereocenters. The summed E-state index contributed by atoms with van der Waals surface area (Å²) >= 11 is 1.42. The maximum Gasteiger partial charge on any atom is 0.233 e. The number of carbonyl (C=O) groups excluding carboxylic acids is 1. The molecule has 0 saturated heterocycles. The largest absolute Gasteiger partial charge is 0.352 e. The summed E-state index contributed by atoms with van der Waals surface area (Å²) in [5, 5.41) is 12.1. The molecule has 2 aromatic heterocycles. The summed E-state index contributed by atoms with van der Waals surface area (Å²) in [4.78, 5) is 16.1. The third kappa shape index (κ3) is 3.79. The van der Waals surface area contributed by atoms with Crippen LogP contribution in [-0.4, -0.2) is 36.9 Å². The van der Waals surface area contributed by atoms with Crippen molar-refractivity contribution in [2.24, 2.45) is 0 Å². The molecule has 7 heteroatoms. The van der Waals surface area contributed by atoms with E-state index in [0.717, 1.165) is 29.4 Å². The van der Waals surface area contributed by atoms with Crippen LogP contribution >= 0.6 is 11.8 Å². The van der Waals surface area contributed by atoms with Crippen LogP contribution in [0.25, 0.3) is 11.4 Å². The Kier molecular flexibility index (Phi) is 4.76. The minimum absolute atomic E-state index is 0.0520. The van der Waals surface area contributed by atoms with E-state index >= 15 is 0 Å². The van der Waals surface area contributed by atoms with Crippen molar-refractivity contribution in [2.45, 2.75) is 42.8 Å². The Morgan fingerprint density at radius 2 is 2.22 bits per heavy atom. The molecule has 2 aromatic rings. The number of hydrogen-bond acceptors (Lipinski definition) is 5. The van der Waals surface area contributed by atoms with Crippen molar-refractivity contribution < 1.29 is 4.79 Å². The highest BCUT2D eigenvalue weighted by atomic mass is 32.2. The number of amides is 1. The zero-order valence-corrected chi connectivity index (χ0v) is 13.8. The lowest BCUT2D eigenvalue weighted by atomic mass is 10.2. The number of thioether (sulfide) groups is 1. The number of hydrogen-bond donors (Lipinski definition) is 1. The van der Waals surface area contributed by atoms with Crippen LogP contribution in [-0.2, 0) is 11.3 Å². The fourth-order valence-electron chi connectivity index (χ4n) is 2.14. The van der Waals surface area contributed by atoms with E-state index in [0.29, 0.717) is 12.6 Å². The highest BCUT2D eigenvalue weighted by Gasteiger charge is 2.27. The first-order valence-electron chi connectivity index (χ1n) is 7.60. The number of carbonyl (C=O) groups is 1. The molecule has 1 amide bonds. The van der Waals surface area contributed by atoms with E-state index in [1.54, 1.807) is 18.5 Å². The average molecular weight is 329 g/mol. The van der Waals surface area contributed by atoms with Gasteiger partial charge in [0.15, 0.2) is 11.0 Å². The Balaban J connectivity index is 1.80. The van der Waals surface area contributed by atoms with Gasteiger partial charge in [-0.1, -0.05) is 17.8 Å². The van der Waals surface area contributed by atoms with E-state index in [9.17, 15) is 4.79 Å². The second kappa shape index (κ2) is 6.95. The first kappa shape index (κ1) is 15.7. The van der Waals surface area contributed by atoms with E-state index in [1.165, 1.54) is 11.8 Å². The monoisotopic (exact) mass is 329 g/mol. The lowest BCUT2D eigenvalue weighted by Crippen LogP contribution is -2.32. The van der Waals surface area contributed by atoms with Gasteiger partial charge in [-0.3, -0.25) is 14.3 Å². The van der Waals surface area contributed by atoms with Crippen molar-refractivity contribution in [3.05, 3.63) is 37.2 Å². The molecule has 2 heterocycles. The van der Waals surface area contributed by atoms with Crippen LogP contribution < -0.4 is 5.32 Å². The van der Waals surface area contributed by atoms with Crippen LogP contribution in [0, 0.1) is 0 Å². The molecule has 1 aliphatic carbocycles. The van der Waals surface area contributed by atoms with Gasteiger partial charge in [-0.15, -0.1) is 16.8 Å². The molecule has 1 aliphatic rings. The van der Waals surface area contributed by atoms with Gasteiger partial charge >= 0.3 is 0 Å². The SMILES string of the molecule is C=CCn1c(SC(C)C(=O)NC2CC2)nnc1-c1ccncc1. The number of aromatic nitrogens is 4. The zero-order chi connectivity index (χ0) is 16.2. The minimum atomic E-state index is -0.214. The lowest BCUT2D eigenvalue weighted by Gasteiger charge is -2.12. The van der Waals surface area contributed by atoms with E-state index in [-0.39, 0.29) is 11.2 Å². The van der Waals surface area contributed by atoms with Gasteiger partial charge in [-0.25, -0.2) is 0 Å². The molecule has 120 valence electrons. The predicted octanol–water partition coefficient (Wildman–Crippen LogP) is 2.29. The molecule has 0 bridgehead atoms. The summed E-state index contributed by atoms with van der Waals surface area (Å²) < 4.78 is 1.97. The average Bonchev–Trinajstić information content (AvgIpc) is 3.29. The van der Waals surface area contributed by atoms with Crippen LogP contribution in [0.2, 0.25) is 0 Å². The normalized spacial score (nSPS) is 15.2. The fourth-order valence-corrected chi connectivity index (χ4v) is 3.01. The highest BCUT2D eigenvalue weighted by molar-refractivity contribution is 8.00. The standard InChI is InChI=1S/C16H19N5OS/c1-3-10-21-14(12-6-8-17-9-7-12)19-20-16(21)23-11(2)15(22)18-13-4-5-13/h3,6-9,11,13H,1,4-5,10H2,2H3,(H,18,22). The molecule has 1 saturated carbocycles. The van der Waals surface area contributed by atoms with Gasteiger partial charge in [0, 0.05) is 30.5 Å². The number of allylic oxidation sites excluding steroid dienone is 1. The molecule has 1 fully saturated rings. The summed E-state index contributed by atoms with van der Waals surface area (Å²) in [6, 6.07) is 4.15.